The molecule has 106 valence electrons. The monoisotopic (exact) mass is 276 g/mol. The minimum absolute atomic E-state index is 0.174. The number of hydrogen-bond acceptors (Lipinski definition) is 5. The number of nitrogen functional groups attached to an aromatic ring is 1. The molecular weight excluding hydrogens is 261 g/mol. The molecule has 1 aliphatic rings. The van der Waals surface area contributed by atoms with Crippen LogP contribution in [0.4, 0.5) is 24.9 Å². The van der Waals surface area contributed by atoms with Crippen molar-refractivity contribution in [3.63, 3.8) is 0 Å². The maximum atomic E-state index is 12.7. The van der Waals surface area contributed by atoms with Gasteiger partial charge in [-0.1, -0.05) is 0 Å². The van der Waals surface area contributed by atoms with E-state index >= 15 is 0 Å². The summed E-state index contributed by atoms with van der Waals surface area (Å²) in [5, 5.41) is 0. The van der Waals surface area contributed by atoms with Gasteiger partial charge in [0.1, 0.15) is 5.82 Å². The Bertz CT molecular complexity index is 475. The molecule has 0 radical (unpaired) electrons. The molecule has 5 nitrogen and oxygen atoms in total. The highest BCUT2D eigenvalue weighted by molar-refractivity contribution is 5.47. The van der Waals surface area contributed by atoms with Crippen molar-refractivity contribution >= 4 is 11.8 Å². The average molecular weight is 276 g/mol. The number of nitrogens with zero attached hydrogens (tertiary/aromatic N) is 3. The average Bonchev–Trinajstić information content (AvgIpc) is 2.26. The summed E-state index contributed by atoms with van der Waals surface area (Å²) in [6.45, 7) is 5.06. The molecule has 0 bridgehead atoms. The molecule has 1 fully saturated rings. The molecule has 1 saturated heterocycles. The molecule has 0 aliphatic carbocycles. The van der Waals surface area contributed by atoms with Crippen molar-refractivity contribution < 1.29 is 17.9 Å². The zero-order valence-corrected chi connectivity index (χ0v) is 10.7. The van der Waals surface area contributed by atoms with Crippen LogP contribution in [0.15, 0.2) is 6.07 Å². The molecule has 2 N–H and O–H groups in total. The fourth-order valence-electron chi connectivity index (χ4n) is 2.02. The Morgan fingerprint density at radius 1 is 1.37 bits per heavy atom. The molecule has 0 unspecified atom stereocenters. The maximum Gasteiger partial charge on any atom is 0.433 e. The normalized spacial score (nSPS) is 19.5. The molecule has 0 spiro atoms. The first-order valence-electron chi connectivity index (χ1n) is 5.77. The number of ether oxygens (including phenoxy) is 1. The summed E-state index contributed by atoms with van der Waals surface area (Å²) < 4.78 is 43.5. The van der Waals surface area contributed by atoms with Gasteiger partial charge in [0.05, 0.1) is 18.8 Å². The van der Waals surface area contributed by atoms with Crippen LogP contribution in [0.1, 0.15) is 19.5 Å². The van der Waals surface area contributed by atoms with E-state index in [-0.39, 0.29) is 11.8 Å². The number of morpholine rings is 1. The van der Waals surface area contributed by atoms with Crippen molar-refractivity contribution in [1.82, 2.24) is 9.97 Å². The van der Waals surface area contributed by atoms with E-state index in [0.717, 1.165) is 6.07 Å². The number of nitrogens with two attached hydrogens (primary N) is 1. The van der Waals surface area contributed by atoms with E-state index in [0.29, 0.717) is 19.8 Å². The molecule has 1 aromatic rings. The third kappa shape index (κ3) is 2.89. The summed E-state index contributed by atoms with van der Waals surface area (Å²) >= 11 is 0. The summed E-state index contributed by atoms with van der Waals surface area (Å²) in [6.07, 6.45) is -4.54. The van der Waals surface area contributed by atoms with Crippen LogP contribution in [-0.4, -0.2) is 35.3 Å². The minimum Gasteiger partial charge on any atom is -0.377 e. The Kier molecular flexibility index (Phi) is 3.29. The lowest BCUT2D eigenvalue weighted by molar-refractivity contribution is -0.141. The van der Waals surface area contributed by atoms with Gasteiger partial charge >= 0.3 is 6.18 Å². The number of rotatable bonds is 1. The van der Waals surface area contributed by atoms with Gasteiger partial charge in [0.2, 0.25) is 5.95 Å². The lowest BCUT2D eigenvalue weighted by Gasteiger charge is -2.43. The highest BCUT2D eigenvalue weighted by Crippen LogP contribution is 2.32. The van der Waals surface area contributed by atoms with Crippen LogP contribution in [-0.2, 0) is 10.9 Å². The summed E-state index contributed by atoms with van der Waals surface area (Å²) in [6, 6.07) is 0.920. The number of halogens is 3. The molecular formula is C11H15F3N4O. The number of anilines is 2. The zero-order chi connectivity index (χ0) is 14.3. The predicted molar refractivity (Wildman–Crippen MR) is 63.7 cm³/mol. The van der Waals surface area contributed by atoms with Crippen molar-refractivity contribution in [3.05, 3.63) is 11.8 Å². The van der Waals surface area contributed by atoms with E-state index in [1.165, 1.54) is 0 Å². The Balaban J connectivity index is 2.42. The first-order valence-corrected chi connectivity index (χ1v) is 5.77. The van der Waals surface area contributed by atoms with E-state index in [4.69, 9.17) is 10.5 Å². The van der Waals surface area contributed by atoms with Crippen molar-refractivity contribution in [2.45, 2.75) is 25.6 Å². The maximum absolute atomic E-state index is 12.7. The largest absolute Gasteiger partial charge is 0.433 e. The molecule has 0 saturated carbocycles. The second kappa shape index (κ2) is 4.52. The van der Waals surface area contributed by atoms with Gasteiger partial charge in [0, 0.05) is 12.6 Å². The molecule has 0 atom stereocenters. The van der Waals surface area contributed by atoms with Gasteiger partial charge in [-0.2, -0.15) is 18.2 Å². The van der Waals surface area contributed by atoms with Crippen LogP contribution in [0.2, 0.25) is 0 Å². The third-order valence-electron chi connectivity index (χ3n) is 2.94. The van der Waals surface area contributed by atoms with Gasteiger partial charge in [-0.25, -0.2) is 4.98 Å². The lowest BCUT2D eigenvalue weighted by Crippen LogP contribution is -2.53. The van der Waals surface area contributed by atoms with Crippen LogP contribution in [0.5, 0.6) is 0 Å². The van der Waals surface area contributed by atoms with E-state index < -0.39 is 17.4 Å². The minimum atomic E-state index is -4.54. The molecule has 1 aromatic heterocycles. The first-order chi connectivity index (χ1) is 8.70. The van der Waals surface area contributed by atoms with Gasteiger partial charge in [0.15, 0.2) is 5.69 Å². The van der Waals surface area contributed by atoms with Gasteiger partial charge in [-0.15, -0.1) is 0 Å². The van der Waals surface area contributed by atoms with Crippen LogP contribution in [0.25, 0.3) is 0 Å². The van der Waals surface area contributed by atoms with Gasteiger partial charge in [-0.05, 0) is 13.8 Å². The fraction of sp³-hybridized carbons (Fsp3) is 0.636. The van der Waals surface area contributed by atoms with Gasteiger partial charge in [-0.3, -0.25) is 0 Å². The van der Waals surface area contributed by atoms with Crippen LogP contribution >= 0.6 is 0 Å². The number of alkyl halides is 3. The van der Waals surface area contributed by atoms with Crippen molar-refractivity contribution in [1.29, 1.82) is 0 Å². The predicted octanol–water partition coefficient (Wildman–Crippen LogP) is 1.69. The highest BCUT2D eigenvalue weighted by atomic mass is 19.4. The van der Waals surface area contributed by atoms with E-state index in [9.17, 15) is 13.2 Å². The van der Waals surface area contributed by atoms with Crippen molar-refractivity contribution in [2.24, 2.45) is 0 Å². The Morgan fingerprint density at radius 3 is 2.63 bits per heavy atom. The summed E-state index contributed by atoms with van der Waals surface area (Å²) in [5.74, 6) is -0.208. The SMILES string of the molecule is CC1(C)COCCN1c1cc(C(F)(F)F)nc(N)n1. The van der Waals surface area contributed by atoms with Crippen LogP contribution in [0, 0.1) is 0 Å². The Labute approximate surface area is 108 Å². The van der Waals surface area contributed by atoms with Crippen LogP contribution < -0.4 is 10.6 Å². The summed E-state index contributed by atoms with van der Waals surface area (Å²) in [4.78, 5) is 8.89. The third-order valence-corrected chi connectivity index (χ3v) is 2.94. The first kappa shape index (κ1) is 13.9. The van der Waals surface area contributed by atoms with Gasteiger partial charge in [0.25, 0.3) is 0 Å². The molecule has 8 heteroatoms. The Morgan fingerprint density at radius 2 is 2.05 bits per heavy atom. The number of hydrogen-bond donors (Lipinski definition) is 1. The molecule has 0 aromatic carbocycles. The van der Waals surface area contributed by atoms with Crippen LogP contribution in [0.3, 0.4) is 0 Å². The second-order valence-electron chi connectivity index (χ2n) is 4.98. The molecule has 0 amide bonds. The Hall–Kier alpha value is -1.57. The smallest absolute Gasteiger partial charge is 0.377 e. The molecule has 2 rings (SSSR count). The summed E-state index contributed by atoms with van der Waals surface area (Å²) in [7, 11) is 0. The zero-order valence-electron chi connectivity index (χ0n) is 10.7. The lowest BCUT2D eigenvalue weighted by atomic mass is 10.0. The standard InChI is InChI=1S/C11H15F3N4O/c1-10(2)6-19-4-3-18(10)8-5-7(11(12,13)14)16-9(15)17-8/h5H,3-4,6H2,1-2H3,(H2,15,16,17). The second-order valence-corrected chi connectivity index (χ2v) is 4.98. The summed E-state index contributed by atoms with van der Waals surface area (Å²) in [5.41, 5.74) is 3.90. The molecule has 1 aliphatic heterocycles. The van der Waals surface area contributed by atoms with E-state index in [1.54, 1.807) is 4.90 Å². The van der Waals surface area contributed by atoms with Crippen molar-refractivity contribution in [2.75, 3.05) is 30.4 Å². The fourth-order valence-corrected chi connectivity index (χ4v) is 2.02. The quantitative estimate of drug-likeness (QED) is 0.845. The molecule has 19 heavy (non-hydrogen) atoms. The van der Waals surface area contributed by atoms with E-state index in [1.807, 2.05) is 13.8 Å². The van der Waals surface area contributed by atoms with Gasteiger partial charge < -0.3 is 15.4 Å². The van der Waals surface area contributed by atoms with E-state index in [2.05, 4.69) is 9.97 Å². The number of aromatic nitrogens is 2. The molecule has 2 heterocycles. The highest BCUT2D eigenvalue weighted by Gasteiger charge is 2.36. The van der Waals surface area contributed by atoms with Crippen molar-refractivity contribution in [3.8, 4) is 0 Å². The topological polar surface area (TPSA) is 64.3 Å².